The van der Waals surface area contributed by atoms with Crippen LogP contribution < -0.4 is 5.32 Å². The summed E-state index contributed by atoms with van der Waals surface area (Å²) in [4.78, 5) is 11.3. The Labute approximate surface area is 89.4 Å². The molecule has 1 N–H and O–H groups in total. The Balaban J connectivity index is 2.79. The van der Waals surface area contributed by atoms with Gasteiger partial charge >= 0.3 is 0 Å². The first-order valence-electron chi connectivity index (χ1n) is 4.87. The van der Waals surface area contributed by atoms with E-state index in [-0.39, 0.29) is 12.5 Å². The average Bonchev–Trinajstić information content (AvgIpc) is 2.47. The second kappa shape index (κ2) is 4.93. The van der Waals surface area contributed by atoms with Crippen LogP contribution in [0.25, 0.3) is 0 Å². The van der Waals surface area contributed by atoms with Crippen LogP contribution in [0, 0.1) is 0 Å². The summed E-state index contributed by atoms with van der Waals surface area (Å²) in [6, 6.07) is 0. The fourth-order valence-corrected chi connectivity index (χ4v) is 1.33. The molecule has 0 fully saturated rings. The highest BCUT2D eigenvalue weighted by Gasteiger charge is 2.13. The topological polar surface area (TPSA) is 56.1 Å². The third-order valence-corrected chi connectivity index (χ3v) is 2.01. The molecular formula is C10H17N3O2. The predicted octanol–water partition coefficient (Wildman–Crippen LogP) is 1.13. The second-order valence-corrected chi connectivity index (χ2v) is 3.74. The molecule has 1 heterocycles. The molecule has 0 aromatic carbocycles. The van der Waals surface area contributed by atoms with Gasteiger partial charge in [0.05, 0.1) is 0 Å². The Hall–Kier alpha value is -1.36. The van der Waals surface area contributed by atoms with Gasteiger partial charge in [-0.25, -0.2) is 0 Å². The zero-order valence-corrected chi connectivity index (χ0v) is 9.57. The summed E-state index contributed by atoms with van der Waals surface area (Å²) in [5.41, 5.74) is 1.03. The molecule has 1 aromatic heterocycles. The number of aromatic nitrogens is 2. The molecule has 0 radical (unpaired) electrons. The van der Waals surface area contributed by atoms with Gasteiger partial charge < -0.3 is 10.1 Å². The minimum atomic E-state index is -0.182. The van der Waals surface area contributed by atoms with Gasteiger partial charge in [-0.2, -0.15) is 5.10 Å². The SMILES string of the molecule is COCC(=O)Nc1nn(C)cc1C(C)C. The van der Waals surface area contributed by atoms with E-state index in [1.165, 1.54) is 7.11 Å². The van der Waals surface area contributed by atoms with Crippen molar-refractivity contribution in [3.8, 4) is 0 Å². The lowest BCUT2D eigenvalue weighted by Gasteiger charge is -2.06. The molecule has 0 aliphatic carbocycles. The molecule has 84 valence electrons. The fourth-order valence-electron chi connectivity index (χ4n) is 1.33. The number of methoxy groups -OCH3 is 1. The Bertz CT molecular complexity index is 344. The Morgan fingerprint density at radius 1 is 1.67 bits per heavy atom. The molecular weight excluding hydrogens is 194 g/mol. The number of ether oxygens (including phenoxy) is 1. The Kier molecular flexibility index (Phi) is 3.85. The van der Waals surface area contributed by atoms with Crippen LogP contribution >= 0.6 is 0 Å². The first-order chi connectivity index (χ1) is 7.04. The molecule has 0 saturated carbocycles. The smallest absolute Gasteiger partial charge is 0.251 e. The first kappa shape index (κ1) is 11.7. The maximum absolute atomic E-state index is 11.3. The van der Waals surface area contributed by atoms with Crippen LogP contribution in [0.5, 0.6) is 0 Å². The molecule has 0 unspecified atom stereocenters. The van der Waals surface area contributed by atoms with Gasteiger partial charge in [0.15, 0.2) is 5.82 Å². The van der Waals surface area contributed by atoms with E-state index in [1.807, 2.05) is 13.2 Å². The predicted molar refractivity (Wildman–Crippen MR) is 57.8 cm³/mol. The minimum absolute atomic E-state index is 0.0497. The Morgan fingerprint density at radius 2 is 2.33 bits per heavy atom. The first-order valence-corrected chi connectivity index (χ1v) is 4.87. The highest BCUT2D eigenvalue weighted by Crippen LogP contribution is 2.21. The number of nitrogens with zero attached hydrogens (tertiary/aromatic N) is 2. The minimum Gasteiger partial charge on any atom is -0.375 e. The maximum atomic E-state index is 11.3. The number of hydrogen-bond acceptors (Lipinski definition) is 3. The third kappa shape index (κ3) is 3.06. The van der Waals surface area contributed by atoms with Crippen LogP contribution in [0.3, 0.4) is 0 Å². The van der Waals surface area contributed by atoms with Crippen LogP contribution in [0.1, 0.15) is 25.3 Å². The lowest BCUT2D eigenvalue weighted by Crippen LogP contribution is -2.18. The van der Waals surface area contributed by atoms with Crippen molar-refractivity contribution in [3.63, 3.8) is 0 Å². The zero-order valence-electron chi connectivity index (χ0n) is 9.57. The second-order valence-electron chi connectivity index (χ2n) is 3.74. The summed E-state index contributed by atoms with van der Waals surface area (Å²) in [6.45, 7) is 4.17. The summed E-state index contributed by atoms with van der Waals surface area (Å²) in [7, 11) is 3.32. The summed E-state index contributed by atoms with van der Waals surface area (Å²) < 4.78 is 6.43. The van der Waals surface area contributed by atoms with Gasteiger partial charge in [0, 0.05) is 25.9 Å². The number of carbonyl (C=O) groups excluding carboxylic acids is 1. The number of rotatable bonds is 4. The zero-order chi connectivity index (χ0) is 11.4. The number of amides is 1. The summed E-state index contributed by atoms with van der Waals surface area (Å²) >= 11 is 0. The molecule has 0 atom stereocenters. The van der Waals surface area contributed by atoms with E-state index in [9.17, 15) is 4.79 Å². The van der Waals surface area contributed by atoms with E-state index in [2.05, 4.69) is 24.3 Å². The van der Waals surface area contributed by atoms with Gasteiger partial charge in [-0.15, -0.1) is 0 Å². The van der Waals surface area contributed by atoms with Gasteiger partial charge in [-0.3, -0.25) is 9.48 Å². The molecule has 1 rings (SSSR count). The van der Waals surface area contributed by atoms with Crippen molar-refractivity contribution in [2.24, 2.45) is 7.05 Å². The molecule has 1 aromatic rings. The molecule has 0 spiro atoms. The van der Waals surface area contributed by atoms with Crippen molar-refractivity contribution in [3.05, 3.63) is 11.8 Å². The van der Waals surface area contributed by atoms with E-state index >= 15 is 0 Å². The van der Waals surface area contributed by atoms with Crippen molar-refractivity contribution in [2.75, 3.05) is 19.0 Å². The normalized spacial score (nSPS) is 10.7. The molecule has 0 bridgehead atoms. The number of hydrogen-bond donors (Lipinski definition) is 1. The number of nitrogens with one attached hydrogen (secondary N) is 1. The third-order valence-electron chi connectivity index (χ3n) is 2.01. The maximum Gasteiger partial charge on any atom is 0.251 e. The molecule has 0 saturated heterocycles. The van der Waals surface area contributed by atoms with Gasteiger partial charge in [0.2, 0.25) is 0 Å². The highest BCUT2D eigenvalue weighted by atomic mass is 16.5. The monoisotopic (exact) mass is 211 g/mol. The van der Waals surface area contributed by atoms with Crippen LogP contribution in [0.2, 0.25) is 0 Å². The average molecular weight is 211 g/mol. The molecule has 0 aliphatic rings. The van der Waals surface area contributed by atoms with E-state index in [4.69, 9.17) is 4.74 Å². The molecule has 5 nitrogen and oxygen atoms in total. The van der Waals surface area contributed by atoms with Gasteiger partial charge in [0.1, 0.15) is 6.61 Å². The summed E-state index contributed by atoms with van der Waals surface area (Å²) in [5.74, 6) is 0.768. The number of aryl methyl sites for hydroxylation is 1. The number of anilines is 1. The van der Waals surface area contributed by atoms with E-state index in [0.717, 1.165) is 5.56 Å². The molecule has 0 aliphatic heterocycles. The van der Waals surface area contributed by atoms with Crippen molar-refractivity contribution >= 4 is 11.7 Å². The van der Waals surface area contributed by atoms with Crippen LogP contribution in [-0.4, -0.2) is 29.4 Å². The lowest BCUT2D eigenvalue weighted by atomic mass is 10.1. The number of carbonyl (C=O) groups is 1. The van der Waals surface area contributed by atoms with Gasteiger partial charge in [0.25, 0.3) is 5.91 Å². The van der Waals surface area contributed by atoms with Crippen molar-refractivity contribution in [1.82, 2.24) is 9.78 Å². The van der Waals surface area contributed by atoms with Crippen LogP contribution in [0.4, 0.5) is 5.82 Å². The van der Waals surface area contributed by atoms with Gasteiger partial charge in [-0.05, 0) is 5.92 Å². The van der Waals surface area contributed by atoms with Gasteiger partial charge in [-0.1, -0.05) is 13.8 Å². The van der Waals surface area contributed by atoms with Crippen LogP contribution in [0.15, 0.2) is 6.20 Å². The quantitative estimate of drug-likeness (QED) is 0.812. The standard InChI is InChI=1S/C10H17N3O2/c1-7(2)8-5-13(3)12-10(8)11-9(14)6-15-4/h5,7H,6H2,1-4H3,(H,11,12,14). The van der Waals surface area contributed by atoms with E-state index in [1.54, 1.807) is 4.68 Å². The summed E-state index contributed by atoms with van der Waals surface area (Å²) in [5, 5.41) is 6.90. The van der Waals surface area contributed by atoms with Crippen molar-refractivity contribution < 1.29 is 9.53 Å². The molecule has 1 amide bonds. The molecule has 15 heavy (non-hydrogen) atoms. The molecule has 5 heteroatoms. The fraction of sp³-hybridized carbons (Fsp3) is 0.600. The van der Waals surface area contributed by atoms with Crippen molar-refractivity contribution in [2.45, 2.75) is 19.8 Å². The summed E-state index contributed by atoms with van der Waals surface area (Å²) in [6.07, 6.45) is 1.91. The van der Waals surface area contributed by atoms with E-state index in [0.29, 0.717) is 11.7 Å². The lowest BCUT2D eigenvalue weighted by molar-refractivity contribution is -0.119. The largest absolute Gasteiger partial charge is 0.375 e. The van der Waals surface area contributed by atoms with E-state index < -0.39 is 0 Å². The Morgan fingerprint density at radius 3 is 2.87 bits per heavy atom. The van der Waals surface area contributed by atoms with Crippen molar-refractivity contribution in [1.29, 1.82) is 0 Å². The highest BCUT2D eigenvalue weighted by molar-refractivity contribution is 5.91. The van der Waals surface area contributed by atoms with Crippen LogP contribution in [-0.2, 0) is 16.6 Å².